The molecule has 0 aliphatic rings. The molecule has 6 heteroatoms. The van der Waals surface area contributed by atoms with Crippen molar-refractivity contribution in [2.45, 2.75) is 78.6 Å². The predicted molar refractivity (Wildman–Crippen MR) is 265 cm³/mol. The van der Waals surface area contributed by atoms with Crippen LogP contribution in [0.25, 0.3) is 72.7 Å². The molecule has 3 aromatic heterocycles. The van der Waals surface area contributed by atoms with E-state index in [1.165, 1.54) is 27.8 Å². The first-order valence-corrected chi connectivity index (χ1v) is 22.4. The fraction of sp³-hybridized carbons (Fsp3) is 0.203. The van der Waals surface area contributed by atoms with Crippen molar-refractivity contribution in [3.63, 3.8) is 0 Å². The standard InChI is InChI=1S/C59H55N4O.Pt/c1-37(2)50-34-45(42-19-13-10-14-20-42)35-51(38(3)4)56(50)63-54-24-16-21-48(55(54)62-58(63)49-22-15-23-52(57(49)64)59(6,7)8)46-31-44(39(5)40-25-28-60-29-26-40)32-47(33-46)53-36-43(27-30-61-53)41-17-11-9-12-18-41;/h9-32,34-39,64H,1-8H3;/q-1;. The predicted octanol–water partition coefficient (Wildman–Crippen LogP) is 15.3. The maximum absolute atomic E-state index is 12.3. The van der Waals surface area contributed by atoms with E-state index < -0.39 is 0 Å². The summed E-state index contributed by atoms with van der Waals surface area (Å²) in [6.45, 7) is 17.7. The quantitative estimate of drug-likeness (QED) is 0.139. The summed E-state index contributed by atoms with van der Waals surface area (Å²) in [5.41, 5.74) is 17.1. The normalized spacial score (nSPS) is 12.2. The number of pyridine rings is 2. The minimum Gasteiger partial charge on any atom is -0.507 e. The molecule has 0 radical (unpaired) electrons. The van der Waals surface area contributed by atoms with E-state index in [0.29, 0.717) is 11.4 Å². The van der Waals surface area contributed by atoms with Crippen molar-refractivity contribution >= 4 is 11.0 Å². The molecule has 6 aromatic carbocycles. The SMILES string of the molecule is CC(C)c1cc(-c2ccccc2)cc(C(C)C)c1-n1c(-c2cccc(C(C)(C)C)c2O)nc2c(-c3[c-]c(-c4cc(-c5ccccc5)ccn4)cc(C(C)c4ccncc4)c3)cccc21.[Pt]. The number of hydrogen-bond donors (Lipinski definition) is 1. The second-order valence-electron chi connectivity index (χ2n) is 18.6. The third kappa shape index (κ3) is 8.87. The molecule has 3 heterocycles. The zero-order chi connectivity index (χ0) is 44.7. The molecule has 0 bridgehead atoms. The van der Waals surface area contributed by atoms with Crippen LogP contribution >= 0.6 is 0 Å². The van der Waals surface area contributed by atoms with Gasteiger partial charge in [-0.25, -0.2) is 4.98 Å². The fourth-order valence-corrected chi connectivity index (χ4v) is 9.03. The van der Waals surface area contributed by atoms with Crippen LogP contribution in [0.4, 0.5) is 0 Å². The van der Waals surface area contributed by atoms with Crippen LogP contribution in [-0.2, 0) is 26.5 Å². The Balaban J connectivity index is 0.00000576. The monoisotopic (exact) mass is 1030 g/mol. The van der Waals surface area contributed by atoms with Gasteiger partial charge in [0.15, 0.2) is 0 Å². The molecule has 5 nitrogen and oxygen atoms in total. The van der Waals surface area contributed by atoms with Crippen LogP contribution in [0.1, 0.15) is 101 Å². The summed E-state index contributed by atoms with van der Waals surface area (Å²) in [6.07, 6.45) is 5.60. The summed E-state index contributed by atoms with van der Waals surface area (Å²) < 4.78 is 2.33. The average molecular weight is 1030 g/mol. The molecule has 65 heavy (non-hydrogen) atoms. The number of nitrogens with zero attached hydrogens (tertiary/aromatic N) is 4. The van der Waals surface area contributed by atoms with Gasteiger partial charge in [0, 0.05) is 45.3 Å². The number of imidazole rings is 1. The maximum atomic E-state index is 12.3. The zero-order valence-electron chi connectivity index (χ0n) is 38.4. The smallest absolute Gasteiger partial charge is 0.148 e. The summed E-state index contributed by atoms with van der Waals surface area (Å²) in [7, 11) is 0. The number of phenolic OH excluding ortho intramolecular Hbond substituents is 1. The van der Waals surface area contributed by atoms with E-state index in [9.17, 15) is 5.11 Å². The van der Waals surface area contributed by atoms with Crippen LogP contribution in [0.15, 0.2) is 164 Å². The van der Waals surface area contributed by atoms with Crippen LogP contribution in [0.2, 0.25) is 0 Å². The molecule has 0 spiro atoms. The number of hydrogen-bond acceptors (Lipinski definition) is 4. The number of para-hydroxylation sites is 2. The fourth-order valence-electron chi connectivity index (χ4n) is 9.03. The first-order valence-electron chi connectivity index (χ1n) is 22.4. The Hall–Kier alpha value is -6.42. The first-order chi connectivity index (χ1) is 30.9. The molecule has 0 saturated heterocycles. The maximum Gasteiger partial charge on any atom is 0.148 e. The topological polar surface area (TPSA) is 63.8 Å². The van der Waals surface area contributed by atoms with Crippen LogP contribution in [0.5, 0.6) is 5.75 Å². The van der Waals surface area contributed by atoms with Gasteiger partial charge in [-0.05, 0) is 110 Å². The van der Waals surface area contributed by atoms with Crippen molar-refractivity contribution in [2.75, 3.05) is 0 Å². The average Bonchev–Trinajstić information content (AvgIpc) is 3.70. The summed E-state index contributed by atoms with van der Waals surface area (Å²) >= 11 is 0. The minimum absolute atomic E-state index is 0. The molecule has 0 aliphatic heterocycles. The summed E-state index contributed by atoms with van der Waals surface area (Å²) in [4.78, 5) is 14.9. The van der Waals surface area contributed by atoms with Gasteiger partial charge in [-0.2, -0.15) is 0 Å². The van der Waals surface area contributed by atoms with E-state index in [1.807, 2.05) is 42.9 Å². The largest absolute Gasteiger partial charge is 0.507 e. The number of fused-ring (bicyclic) bond motifs is 1. The molecular formula is C59H55N4OPt-. The molecule has 328 valence electrons. The molecule has 1 N–H and O–H groups in total. The van der Waals surface area contributed by atoms with Gasteiger partial charge >= 0.3 is 0 Å². The number of benzene rings is 6. The van der Waals surface area contributed by atoms with Crippen molar-refractivity contribution in [3.05, 3.63) is 198 Å². The van der Waals surface area contributed by atoms with Gasteiger partial charge in [0.25, 0.3) is 0 Å². The van der Waals surface area contributed by atoms with E-state index in [-0.39, 0.29) is 50.0 Å². The number of aromatic hydroxyl groups is 1. The second-order valence-corrected chi connectivity index (χ2v) is 18.6. The zero-order valence-corrected chi connectivity index (χ0v) is 40.6. The second kappa shape index (κ2) is 18.6. The molecule has 1 unspecified atom stereocenters. The Morgan fingerprint density at radius 3 is 1.80 bits per heavy atom. The van der Waals surface area contributed by atoms with Gasteiger partial charge in [0.05, 0.1) is 22.3 Å². The van der Waals surface area contributed by atoms with E-state index >= 15 is 0 Å². The number of phenols is 1. The molecule has 0 amide bonds. The van der Waals surface area contributed by atoms with E-state index in [1.54, 1.807) is 0 Å². The minimum atomic E-state index is -0.297. The number of aromatic nitrogens is 4. The Morgan fingerprint density at radius 1 is 0.569 bits per heavy atom. The van der Waals surface area contributed by atoms with Crippen molar-refractivity contribution < 1.29 is 26.2 Å². The summed E-state index contributed by atoms with van der Waals surface area (Å²) in [5.74, 6) is 1.36. The van der Waals surface area contributed by atoms with Crippen LogP contribution in [0, 0.1) is 6.07 Å². The molecular weight excluding hydrogens is 976 g/mol. The Labute approximate surface area is 398 Å². The van der Waals surface area contributed by atoms with Crippen LogP contribution in [-0.4, -0.2) is 24.6 Å². The number of rotatable bonds is 10. The molecule has 9 rings (SSSR count). The van der Waals surface area contributed by atoms with Gasteiger partial charge in [0.1, 0.15) is 11.6 Å². The van der Waals surface area contributed by atoms with Crippen LogP contribution in [0.3, 0.4) is 0 Å². The first kappa shape index (κ1) is 45.2. The van der Waals surface area contributed by atoms with Crippen LogP contribution < -0.4 is 0 Å². The van der Waals surface area contributed by atoms with Crippen molar-refractivity contribution in [1.29, 1.82) is 0 Å². The van der Waals surface area contributed by atoms with Gasteiger partial charge in [-0.1, -0.05) is 158 Å². The summed E-state index contributed by atoms with van der Waals surface area (Å²) in [5, 5.41) is 12.3. The van der Waals surface area contributed by atoms with Crippen molar-refractivity contribution in [2.24, 2.45) is 0 Å². The molecule has 0 aliphatic carbocycles. The van der Waals surface area contributed by atoms with Crippen molar-refractivity contribution in [1.82, 2.24) is 19.5 Å². The van der Waals surface area contributed by atoms with Gasteiger partial charge < -0.3 is 5.11 Å². The third-order valence-electron chi connectivity index (χ3n) is 12.5. The summed E-state index contributed by atoms with van der Waals surface area (Å²) in [6, 6.07) is 55.1. The molecule has 9 aromatic rings. The molecule has 0 saturated carbocycles. The third-order valence-corrected chi connectivity index (χ3v) is 12.5. The van der Waals surface area contributed by atoms with E-state index in [4.69, 9.17) is 9.97 Å². The molecule has 0 fully saturated rings. The van der Waals surface area contributed by atoms with Gasteiger partial charge in [-0.3, -0.25) is 14.5 Å². The van der Waals surface area contributed by atoms with Crippen molar-refractivity contribution in [3.8, 4) is 67.5 Å². The Bertz CT molecular complexity index is 3080. The van der Waals surface area contributed by atoms with Gasteiger partial charge in [0.2, 0.25) is 0 Å². The van der Waals surface area contributed by atoms with E-state index in [2.05, 4.69) is 192 Å². The van der Waals surface area contributed by atoms with Gasteiger partial charge in [-0.15, -0.1) is 29.3 Å². The van der Waals surface area contributed by atoms with E-state index in [0.717, 1.165) is 61.4 Å². The Kier molecular flexibility index (Phi) is 12.9. The molecule has 1 atom stereocenters. The Morgan fingerprint density at radius 2 is 1.17 bits per heavy atom.